The van der Waals surface area contributed by atoms with Gasteiger partial charge in [-0.2, -0.15) is 0 Å². The van der Waals surface area contributed by atoms with Crippen molar-refractivity contribution in [3.8, 4) is 0 Å². The van der Waals surface area contributed by atoms with Crippen LogP contribution in [0.25, 0.3) is 0 Å². The summed E-state index contributed by atoms with van der Waals surface area (Å²) in [6.45, 7) is 2.53. The molecule has 1 atom stereocenters. The van der Waals surface area contributed by atoms with Crippen molar-refractivity contribution in [1.82, 2.24) is 5.32 Å². The first-order valence-electron chi connectivity index (χ1n) is 7.98. The second-order valence-corrected chi connectivity index (χ2v) is 6.40. The van der Waals surface area contributed by atoms with Gasteiger partial charge in [-0.3, -0.25) is 9.59 Å². The number of halogens is 1. The van der Waals surface area contributed by atoms with E-state index in [9.17, 15) is 9.59 Å². The molecule has 5 nitrogen and oxygen atoms in total. The molecule has 126 valence electrons. The molecule has 0 radical (unpaired) electrons. The molecule has 0 saturated carbocycles. The summed E-state index contributed by atoms with van der Waals surface area (Å²) in [5, 5.41) is 3.46. The number of carbonyl (C=O) groups is 2. The first-order chi connectivity index (χ1) is 11.5. The Bertz CT molecular complexity index is 743. The second-order valence-electron chi connectivity index (χ2n) is 5.97. The molecule has 1 unspecified atom stereocenters. The lowest BCUT2D eigenvalue weighted by Crippen LogP contribution is -2.35. The van der Waals surface area contributed by atoms with Crippen LogP contribution in [0.3, 0.4) is 0 Å². The minimum absolute atomic E-state index is 0.0231. The van der Waals surface area contributed by atoms with Gasteiger partial charge in [0, 0.05) is 30.5 Å². The highest BCUT2D eigenvalue weighted by atomic mass is 35.5. The predicted octanol–water partition coefficient (Wildman–Crippen LogP) is 3.42. The molecule has 2 heterocycles. The van der Waals surface area contributed by atoms with Crippen LogP contribution in [0.5, 0.6) is 0 Å². The zero-order chi connectivity index (χ0) is 17.1. The number of hydrogen-bond acceptors (Lipinski definition) is 3. The molecule has 1 aromatic carbocycles. The molecule has 6 heteroatoms. The fourth-order valence-corrected chi connectivity index (χ4v) is 3.07. The van der Waals surface area contributed by atoms with Crippen molar-refractivity contribution in [3.63, 3.8) is 0 Å². The lowest BCUT2D eigenvalue weighted by Gasteiger charge is -2.21. The maximum Gasteiger partial charge on any atom is 0.253 e. The van der Waals surface area contributed by atoms with Crippen molar-refractivity contribution >= 4 is 29.1 Å². The van der Waals surface area contributed by atoms with Crippen LogP contribution < -0.4 is 10.2 Å². The Morgan fingerprint density at radius 1 is 1.42 bits per heavy atom. The standard InChI is InChI=1S/C18H19ClN2O3/c1-12(10-14-4-3-9-24-14)20-18(23)15-7-6-13(19)11-16(15)21-8-2-5-17(21)22/h3-4,6-7,9,11-12H,2,5,8,10H2,1H3,(H,20,23). The fourth-order valence-electron chi connectivity index (χ4n) is 2.91. The molecule has 1 N–H and O–H groups in total. The Hall–Kier alpha value is -2.27. The number of benzene rings is 1. The minimum Gasteiger partial charge on any atom is -0.469 e. The highest BCUT2D eigenvalue weighted by Gasteiger charge is 2.26. The van der Waals surface area contributed by atoms with Gasteiger partial charge in [-0.25, -0.2) is 0 Å². The summed E-state index contributed by atoms with van der Waals surface area (Å²) in [5.41, 5.74) is 1.04. The van der Waals surface area contributed by atoms with Crippen molar-refractivity contribution in [3.05, 3.63) is 52.9 Å². The number of rotatable bonds is 5. The maximum absolute atomic E-state index is 12.7. The summed E-state index contributed by atoms with van der Waals surface area (Å²) < 4.78 is 5.30. The fraction of sp³-hybridized carbons (Fsp3) is 0.333. The number of amides is 2. The van der Waals surface area contributed by atoms with Crippen LogP contribution in [0.1, 0.15) is 35.9 Å². The topological polar surface area (TPSA) is 62.6 Å². The van der Waals surface area contributed by atoms with Gasteiger partial charge >= 0.3 is 0 Å². The second kappa shape index (κ2) is 7.09. The van der Waals surface area contributed by atoms with E-state index in [-0.39, 0.29) is 17.9 Å². The third-order valence-corrected chi connectivity index (χ3v) is 4.27. The van der Waals surface area contributed by atoms with Crippen molar-refractivity contribution < 1.29 is 14.0 Å². The Kier molecular flexibility index (Phi) is 4.90. The molecule has 3 rings (SSSR count). The zero-order valence-corrected chi connectivity index (χ0v) is 14.2. The normalized spacial score (nSPS) is 15.6. The predicted molar refractivity (Wildman–Crippen MR) is 92.4 cm³/mol. The Morgan fingerprint density at radius 2 is 2.25 bits per heavy atom. The third kappa shape index (κ3) is 3.62. The Labute approximate surface area is 145 Å². The van der Waals surface area contributed by atoms with Crippen LogP contribution in [-0.4, -0.2) is 24.4 Å². The van der Waals surface area contributed by atoms with Gasteiger partial charge in [0.05, 0.1) is 17.5 Å². The molecule has 2 amide bonds. The molecule has 2 aromatic rings. The highest BCUT2D eigenvalue weighted by Crippen LogP contribution is 2.28. The van der Waals surface area contributed by atoms with Crippen LogP contribution in [0.2, 0.25) is 5.02 Å². The molecule has 1 aliphatic rings. The van der Waals surface area contributed by atoms with Crippen LogP contribution in [0, 0.1) is 0 Å². The van der Waals surface area contributed by atoms with Gasteiger partial charge < -0.3 is 14.6 Å². The van der Waals surface area contributed by atoms with Crippen LogP contribution >= 0.6 is 11.6 Å². The monoisotopic (exact) mass is 346 g/mol. The van der Waals surface area contributed by atoms with Gasteiger partial charge in [-0.15, -0.1) is 0 Å². The van der Waals surface area contributed by atoms with Crippen LogP contribution in [0.15, 0.2) is 41.0 Å². The zero-order valence-electron chi connectivity index (χ0n) is 13.4. The molecule has 1 aromatic heterocycles. The molecule has 1 aliphatic heterocycles. The van der Waals surface area contributed by atoms with E-state index in [1.165, 1.54) is 0 Å². The Balaban J connectivity index is 1.78. The van der Waals surface area contributed by atoms with Gasteiger partial charge in [0.1, 0.15) is 5.76 Å². The lowest BCUT2D eigenvalue weighted by molar-refractivity contribution is -0.117. The maximum atomic E-state index is 12.7. The van der Waals surface area contributed by atoms with Crippen molar-refractivity contribution in [1.29, 1.82) is 0 Å². The van der Waals surface area contributed by atoms with Gasteiger partial charge in [0.25, 0.3) is 5.91 Å². The van der Waals surface area contributed by atoms with E-state index in [4.69, 9.17) is 16.0 Å². The summed E-state index contributed by atoms with van der Waals surface area (Å²) in [6.07, 6.45) is 3.51. The summed E-state index contributed by atoms with van der Waals surface area (Å²) >= 11 is 6.07. The average Bonchev–Trinajstić information content (AvgIpc) is 3.18. The van der Waals surface area contributed by atoms with Crippen molar-refractivity contribution in [2.45, 2.75) is 32.2 Å². The Morgan fingerprint density at radius 3 is 2.92 bits per heavy atom. The third-order valence-electron chi connectivity index (χ3n) is 4.03. The average molecular weight is 347 g/mol. The van der Waals surface area contributed by atoms with E-state index < -0.39 is 0 Å². The number of furan rings is 1. The van der Waals surface area contributed by atoms with Gasteiger partial charge in [0.15, 0.2) is 0 Å². The number of carbonyl (C=O) groups excluding carboxylic acids is 2. The molecule has 0 bridgehead atoms. The van der Waals surface area contributed by atoms with E-state index >= 15 is 0 Å². The van der Waals surface area contributed by atoms with E-state index in [0.29, 0.717) is 35.7 Å². The first kappa shape index (κ1) is 16.6. The van der Waals surface area contributed by atoms with E-state index in [0.717, 1.165) is 12.2 Å². The minimum atomic E-state index is -0.222. The number of nitrogens with one attached hydrogen (secondary N) is 1. The smallest absolute Gasteiger partial charge is 0.253 e. The molecule has 1 saturated heterocycles. The van der Waals surface area contributed by atoms with Crippen molar-refractivity contribution in [2.24, 2.45) is 0 Å². The molecular weight excluding hydrogens is 328 g/mol. The van der Waals surface area contributed by atoms with Gasteiger partial charge in [0.2, 0.25) is 5.91 Å². The van der Waals surface area contributed by atoms with Crippen LogP contribution in [-0.2, 0) is 11.2 Å². The van der Waals surface area contributed by atoms with Gasteiger partial charge in [-0.05, 0) is 43.7 Å². The first-order valence-corrected chi connectivity index (χ1v) is 8.35. The van der Waals surface area contributed by atoms with E-state index in [1.54, 1.807) is 29.4 Å². The lowest BCUT2D eigenvalue weighted by atomic mass is 10.1. The molecule has 0 spiro atoms. The molecular formula is C18H19ClN2O3. The summed E-state index contributed by atoms with van der Waals surface area (Å²) in [4.78, 5) is 26.3. The number of nitrogens with zero attached hydrogens (tertiary/aromatic N) is 1. The van der Waals surface area contributed by atoms with Crippen molar-refractivity contribution in [2.75, 3.05) is 11.4 Å². The van der Waals surface area contributed by atoms with Gasteiger partial charge in [-0.1, -0.05) is 11.6 Å². The van der Waals surface area contributed by atoms with Crippen LogP contribution in [0.4, 0.5) is 5.69 Å². The summed E-state index contributed by atoms with van der Waals surface area (Å²) in [6, 6.07) is 8.60. The molecule has 0 aliphatic carbocycles. The largest absolute Gasteiger partial charge is 0.469 e. The quantitative estimate of drug-likeness (QED) is 0.902. The summed E-state index contributed by atoms with van der Waals surface area (Å²) in [7, 11) is 0. The number of hydrogen-bond donors (Lipinski definition) is 1. The van der Waals surface area contributed by atoms with E-state index in [1.807, 2.05) is 19.1 Å². The number of anilines is 1. The summed E-state index contributed by atoms with van der Waals surface area (Å²) in [5.74, 6) is 0.615. The highest BCUT2D eigenvalue weighted by molar-refractivity contribution is 6.31. The SMILES string of the molecule is CC(Cc1ccco1)NC(=O)c1ccc(Cl)cc1N1CCCC1=O. The molecule has 1 fully saturated rings. The molecule has 24 heavy (non-hydrogen) atoms. The van der Waals surface area contributed by atoms with E-state index in [2.05, 4.69) is 5.32 Å².